The van der Waals surface area contributed by atoms with Gasteiger partial charge in [0.25, 0.3) is 0 Å². The molecule has 0 spiro atoms. The van der Waals surface area contributed by atoms with E-state index in [9.17, 15) is 0 Å². The molecule has 6 aromatic carbocycles. The Morgan fingerprint density at radius 3 is 1.56 bits per heavy atom. The number of benzene rings is 6. The lowest BCUT2D eigenvalue weighted by Crippen LogP contribution is -1.89. The lowest BCUT2D eigenvalue weighted by Gasteiger charge is -2.12. The highest BCUT2D eigenvalue weighted by Crippen LogP contribution is 2.36. The fraction of sp³-hybridized carbons (Fsp3) is 0. The lowest BCUT2D eigenvalue weighted by atomic mass is 9.90. The Bertz CT molecular complexity index is 1790. The first-order chi connectivity index (χ1) is 16.9. The molecule has 0 unspecified atom stereocenters. The molecule has 6 aromatic rings. The average Bonchev–Trinajstić information content (AvgIpc) is 2.91. The van der Waals surface area contributed by atoms with Crippen LogP contribution in [0.25, 0.3) is 32.3 Å². The maximum atomic E-state index is 3.48. The largest absolute Gasteiger partial charge is 0.0622 e. The van der Waals surface area contributed by atoms with Crippen molar-refractivity contribution >= 4 is 32.3 Å². The van der Waals surface area contributed by atoms with Crippen molar-refractivity contribution in [1.29, 1.82) is 0 Å². The molecule has 0 saturated carbocycles. The fourth-order valence-corrected chi connectivity index (χ4v) is 4.50. The number of hydrogen-bond donors (Lipinski definition) is 0. The lowest BCUT2D eigenvalue weighted by molar-refractivity contribution is 1.64. The second-order valence-corrected chi connectivity index (χ2v) is 8.27. The summed E-state index contributed by atoms with van der Waals surface area (Å²) in [6, 6.07) is 41.8. The molecule has 0 atom stereocenters. The summed E-state index contributed by atoms with van der Waals surface area (Å²) in [5.74, 6) is 13.6. The van der Waals surface area contributed by atoms with Crippen LogP contribution in [0.5, 0.6) is 0 Å². The van der Waals surface area contributed by atoms with Crippen molar-refractivity contribution in [2.45, 2.75) is 0 Å². The van der Waals surface area contributed by atoms with Crippen LogP contribution in [-0.2, 0) is 0 Å². The molecule has 0 nitrogen and oxygen atoms in total. The van der Waals surface area contributed by atoms with Crippen molar-refractivity contribution in [3.8, 4) is 23.7 Å². The average molecular weight is 429 g/mol. The van der Waals surface area contributed by atoms with Crippen LogP contribution in [0.15, 0.2) is 121 Å². The highest BCUT2D eigenvalue weighted by Gasteiger charge is 2.12. The number of rotatable bonds is 0. The van der Waals surface area contributed by atoms with E-state index in [0.29, 0.717) is 0 Å². The van der Waals surface area contributed by atoms with Gasteiger partial charge in [-0.2, -0.15) is 0 Å². The van der Waals surface area contributed by atoms with Gasteiger partial charge in [-0.1, -0.05) is 109 Å². The van der Waals surface area contributed by atoms with E-state index in [1.54, 1.807) is 0 Å². The Morgan fingerprint density at radius 1 is 0.353 bits per heavy atom. The summed E-state index contributed by atoms with van der Waals surface area (Å²) in [4.78, 5) is 0. The Hall–Kier alpha value is -4.78. The highest BCUT2D eigenvalue weighted by molar-refractivity contribution is 6.21. The van der Waals surface area contributed by atoms with Gasteiger partial charge in [-0.05, 0) is 63.3 Å². The highest BCUT2D eigenvalue weighted by atomic mass is 14.1. The van der Waals surface area contributed by atoms with Gasteiger partial charge in [0, 0.05) is 27.6 Å². The number of hydrogen-bond acceptors (Lipinski definition) is 0. The van der Waals surface area contributed by atoms with Crippen molar-refractivity contribution in [3.05, 3.63) is 144 Å². The zero-order valence-corrected chi connectivity index (χ0v) is 18.5. The summed E-state index contributed by atoms with van der Waals surface area (Å²) in [6.07, 6.45) is 0. The Morgan fingerprint density at radius 2 is 0.882 bits per heavy atom. The minimum Gasteiger partial charge on any atom is -0.0622 e. The Labute approximate surface area is 199 Å². The predicted molar refractivity (Wildman–Crippen MR) is 144 cm³/mol. The summed E-state index contributed by atoms with van der Waals surface area (Å²) >= 11 is 0. The zero-order valence-electron chi connectivity index (χ0n) is 18.5. The SMILES string of the molecule is C(#Cc1cc2c3ccccc3cc(C#Cc3ccccc3)c2c2ccccc12)c1ccccc1. The summed E-state index contributed by atoms with van der Waals surface area (Å²) in [6.45, 7) is 0. The maximum absolute atomic E-state index is 3.48. The van der Waals surface area contributed by atoms with Gasteiger partial charge in [-0.15, -0.1) is 0 Å². The quantitative estimate of drug-likeness (QED) is 0.170. The van der Waals surface area contributed by atoms with Gasteiger partial charge in [-0.25, -0.2) is 0 Å². The predicted octanol–water partition coefficient (Wildman–Crippen LogP) is 7.95. The summed E-state index contributed by atoms with van der Waals surface area (Å²) in [5.41, 5.74) is 4.10. The fourth-order valence-electron chi connectivity index (χ4n) is 4.50. The molecule has 0 saturated heterocycles. The van der Waals surface area contributed by atoms with E-state index in [1.807, 2.05) is 60.7 Å². The van der Waals surface area contributed by atoms with Crippen molar-refractivity contribution in [2.24, 2.45) is 0 Å². The van der Waals surface area contributed by atoms with Crippen LogP contribution < -0.4 is 0 Å². The van der Waals surface area contributed by atoms with E-state index in [0.717, 1.165) is 27.6 Å². The van der Waals surface area contributed by atoms with E-state index < -0.39 is 0 Å². The van der Waals surface area contributed by atoms with Gasteiger partial charge in [0.2, 0.25) is 0 Å². The minimum absolute atomic E-state index is 1.01. The molecule has 0 N–H and O–H groups in total. The van der Waals surface area contributed by atoms with Crippen molar-refractivity contribution in [3.63, 3.8) is 0 Å². The minimum atomic E-state index is 1.01. The molecule has 0 fully saturated rings. The molecule has 0 amide bonds. The van der Waals surface area contributed by atoms with E-state index in [4.69, 9.17) is 0 Å². The standard InChI is InChI=1S/C34H20/c1-3-11-25(12-4-1)19-21-28-24-33-31-17-8-7-15-27(31)23-29(22-20-26-13-5-2-6-14-26)34(33)32-18-10-9-16-30(28)32/h1-18,23-24H. The molecule has 0 aromatic heterocycles. The third-order valence-electron chi connectivity index (χ3n) is 6.10. The Kier molecular flexibility index (Phi) is 5.04. The molecule has 0 aliphatic heterocycles. The Balaban J connectivity index is 1.68. The van der Waals surface area contributed by atoms with Crippen LogP contribution in [-0.4, -0.2) is 0 Å². The van der Waals surface area contributed by atoms with Crippen molar-refractivity contribution < 1.29 is 0 Å². The first-order valence-corrected chi connectivity index (χ1v) is 11.4. The van der Waals surface area contributed by atoms with Gasteiger partial charge < -0.3 is 0 Å². The summed E-state index contributed by atoms with van der Waals surface area (Å²) < 4.78 is 0. The molecular weight excluding hydrogens is 408 g/mol. The second kappa shape index (κ2) is 8.63. The smallest absolute Gasteiger partial charge is 0.0340 e. The van der Waals surface area contributed by atoms with Crippen LogP contribution >= 0.6 is 0 Å². The van der Waals surface area contributed by atoms with E-state index >= 15 is 0 Å². The molecule has 6 rings (SSSR count). The molecule has 0 heterocycles. The van der Waals surface area contributed by atoms with Gasteiger partial charge in [0.1, 0.15) is 0 Å². The van der Waals surface area contributed by atoms with E-state index in [2.05, 4.69) is 84.3 Å². The van der Waals surface area contributed by atoms with Crippen LogP contribution in [0.4, 0.5) is 0 Å². The summed E-state index contributed by atoms with van der Waals surface area (Å²) in [7, 11) is 0. The molecule has 0 aliphatic rings. The molecule has 156 valence electrons. The maximum Gasteiger partial charge on any atom is 0.0340 e. The van der Waals surface area contributed by atoms with Crippen LogP contribution in [0, 0.1) is 23.7 Å². The first-order valence-electron chi connectivity index (χ1n) is 11.4. The van der Waals surface area contributed by atoms with Crippen LogP contribution in [0.2, 0.25) is 0 Å². The molecule has 0 aliphatic carbocycles. The van der Waals surface area contributed by atoms with Gasteiger partial charge in [0.15, 0.2) is 0 Å². The van der Waals surface area contributed by atoms with Crippen molar-refractivity contribution in [1.82, 2.24) is 0 Å². The van der Waals surface area contributed by atoms with Gasteiger partial charge in [0.05, 0.1) is 0 Å². The normalized spacial score (nSPS) is 10.5. The third kappa shape index (κ3) is 3.69. The zero-order chi connectivity index (χ0) is 22.7. The molecule has 34 heavy (non-hydrogen) atoms. The molecular formula is C34H20. The monoisotopic (exact) mass is 428 g/mol. The van der Waals surface area contributed by atoms with E-state index in [1.165, 1.54) is 26.9 Å². The van der Waals surface area contributed by atoms with Crippen LogP contribution in [0.3, 0.4) is 0 Å². The van der Waals surface area contributed by atoms with Crippen LogP contribution in [0.1, 0.15) is 22.3 Å². The molecule has 0 bridgehead atoms. The second-order valence-electron chi connectivity index (χ2n) is 8.27. The molecule has 0 heteroatoms. The third-order valence-corrected chi connectivity index (χ3v) is 6.10. The number of fused-ring (bicyclic) bond motifs is 5. The van der Waals surface area contributed by atoms with E-state index in [-0.39, 0.29) is 0 Å². The first kappa shape index (κ1) is 19.9. The van der Waals surface area contributed by atoms with Gasteiger partial charge >= 0.3 is 0 Å². The molecule has 0 radical (unpaired) electrons. The summed E-state index contributed by atoms with van der Waals surface area (Å²) in [5, 5.41) is 7.10. The topological polar surface area (TPSA) is 0 Å². The van der Waals surface area contributed by atoms with Gasteiger partial charge in [-0.3, -0.25) is 0 Å². The van der Waals surface area contributed by atoms with Crippen molar-refractivity contribution in [2.75, 3.05) is 0 Å².